The molecule has 2 N–H and O–H groups in total. The number of H-pyrrole nitrogens is 1. The van der Waals surface area contributed by atoms with Crippen LogP contribution in [-0.2, 0) is 0 Å². The average Bonchev–Trinajstić information content (AvgIpc) is 3.24. The van der Waals surface area contributed by atoms with Crippen LogP contribution in [-0.4, -0.2) is 22.3 Å². The van der Waals surface area contributed by atoms with Crippen molar-refractivity contribution in [1.29, 1.82) is 0 Å². The van der Waals surface area contributed by atoms with Gasteiger partial charge in [-0.25, -0.2) is 5.43 Å². The molecule has 0 fully saturated rings. The van der Waals surface area contributed by atoms with Crippen molar-refractivity contribution in [3.8, 4) is 11.3 Å². The van der Waals surface area contributed by atoms with Crippen LogP contribution in [0, 0.1) is 0 Å². The molecule has 28 heavy (non-hydrogen) atoms. The summed E-state index contributed by atoms with van der Waals surface area (Å²) < 4.78 is 0. The molecule has 4 aromatic rings. The Morgan fingerprint density at radius 2 is 1.75 bits per heavy atom. The highest BCUT2D eigenvalue weighted by Crippen LogP contribution is 2.27. The average molecular weight is 366 g/mol. The van der Waals surface area contributed by atoms with Gasteiger partial charge >= 0.3 is 0 Å². The Hall–Kier alpha value is -3.99. The lowest BCUT2D eigenvalue weighted by Gasteiger charge is -2.02. The number of aromatic nitrogens is 2. The number of carbonyl (C=O) groups is 1. The molecule has 0 atom stereocenters. The van der Waals surface area contributed by atoms with E-state index in [1.165, 1.54) is 6.21 Å². The summed E-state index contributed by atoms with van der Waals surface area (Å²) in [5, 5.41) is 13.2. The maximum absolute atomic E-state index is 12.3. The maximum atomic E-state index is 12.3. The number of carbonyl (C=O) groups excluding carboxylic acids is 1. The van der Waals surface area contributed by atoms with Crippen LogP contribution in [0.15, 0.2) is 90.0 Å². The Morgan fingerprint density at radius 3 is 2.64 bits per heavy atom. The van der Waals surface area contributed by atoms with E-state index in [-0.39, 0.29) is 5.91 Å². The second kappa shape index (κ2) is 8.14. The van der Waals surface area contributed by atoms with E-state index < -0.39 is 0 Å². The minimum Gasteiger partial charge on any atom is -0.272 e. The summed E-state index contributed by atoms with van der Waals surface area (Å²) in [6.45, 7) is 0. The fourth-order valence-corrected chi connectivity index (χ4v) is 2.94. The predicted molar refractivity (Wildman–Crippen MR) is 113 cm³/mol. The van der Waals surface area contributed by atoms with Crippen LogP contribution in [0.5, 0.6) is 0 Å². The number of benzene rings is 3. The molecule has 4 rings (SSSR count). The molecule has 1 amide bonds. The fourth-order valence-electron chi connectivity index (χ4n) is 2.94. The van der Waals surface area contributed by atoms with Crippen LogP contribution < -0.4 is 5.43 Å². The van der Waals surface area contributed by atoms with Gasteiger partial charge < -0.3 is 0 Å². The molecule has 0 aliphatic carbocycles. The van der Waals surface area contributed by atoms with Gasteiger partial charge in [0.2, 0.25) is 0 Å². The van der Waals surface area contributed by atoms with Gasteiger partial charge in [0.1, 0.15) is 5.69 Å². The first-order chi connectivity index (χ1) is 13.8. The Kier molecular flexibility index (Phi) is 5.06. The van der Waals surface area contributed by atoms with E-state index in [1.807, 2.05) is 66.7 Å². The molecule has 0 saturated heterocycles. The normalized spacial score (nSPS) is 11.4. The summed E-state index contributed by atoms with van der Waals surface area (Å²) in [4.78, 5) is 12.3. The monoisotopic (exact) mass is 366 g/mol. The largest absolute Gasteiger partial charge is 0.289 e. The summed E-state index contributed by atoms with van der Waals surface area (Å²) in [6.07, 6.45) is 5.21. The van der Waals surface area contributed by atoms with Gasteiger partial charge in [-0.2, -0.15) is 10.2 Å². The second-order valence-electron chi connectivity index (χ2n) is 6.18. The van der Waals surface area contributed by atoms with Crippen molar-refractivity contribution >= 4 is 29.0 Å². The quantitative estimate of drug-likeness (QED) is 0.398. The molecule has 5 nitrogen and oxygen atoms in total. The van der Waals surface area contributed by atoms with Crippen LogP contribution in [0.4, 0.5) is 0 Å². The highest BCUT2D eigenvalue weighted by atomic mass is 16.2. The SMILES string of the molecule is O=C(N/N=C/C=C/c1ccccc1)c1cc(-c2cccc3ccccc23)n[nH]1. The van der Waals surface area contributed by atoms with Crippen molar-refractivity contribution in [1.82, 2.24) is 15.6 Å². The number of nitrogens with one attached hydrogen (secondary N) is 2. The summed E-state index contributed by atoms with van der Waals surface area (Å²) in [7, 11) is 0. The van der Waals surface area contributed by atoms with Crippen LogP contribution >= 0.6 is 0 Å². The number of allylic oxidation sites excluding steroid dienone is 1. The lowest BCUT2D eigenvalue weighted by Crippen LogP contribution is -2.17. The third kappa shape index (κ3) is 3.88. The van der Waals surface area contributed by atoms with Crippen LogP contribution in [0.3, 0.4) is 0 Å². The van der Waals surface area contributed by atoms with Crippen molar-refractivity contribution in [2.24, 2.45) is 5.10 Å². The van der Waals surface area contributed by atoms with E-state index in [1.54, 1.807) is 12.1 Å². The van der Waals surface area contributed by atoms with Crippen molar-refractivity contribution in [3.05, 3.63) is 96.2 Å². The number of amides is 1. The van der Waals surface area contributed by atoms with Crippen molar-refractivity contribution in [2.75, 3.05) is 0 Å². The Bertz CT molecular complexity index is 1150. The Morgan fingerprint density at radius 1 is 0.964 bits per heavy atom. The molecule has 0 saturated carbocycles. The minimum absolute atomic E-state index is 0.344. The van der Waals surface area contributed by atoms with Crippen LogP contribution in [0.25, 0.3) is 28.1 Å². The first-order valence-corrected chi connectivity index (χ1v) is 8.90. The number of rotatable bonds is 5. The zero-order valence-corrected chi connectivity index (χ0v) is 15.0. The summed E-state index contributed by atoms with van der Waals surface area (Å²) in [5.74, 6) is -0.344. The molecule has 0 bridgehead atoms. The zero-order chi connectivity index (χ0) is 19.2. The molecular formula is C23H18N4O. The molecule has 5 heteroatoms. The predicted octanol–water partition coefficient (Wildman–Crippen LogP) is 4.66. The number of aromatic amines is 1. The van der Waals surface area contributed by atoms with Crippen molar-refractivity contribution in [2.45, 2.75) is 0 Å². The zero-order valence-electron chi connectivity index (χ0n) is 15.0. The summed E-state index contributed by atoms with van der Waals surface area (Å²) >= 11 is 0. The third-order valence-electron chi connectivity index (χ3n) is 4.30. The smallest absolute Gasteiger partial charge is 0.272 e. The van der Waals surface area contributed by atoms with E-state index >= 15 is 0 Å². The van der Waals surface area contributed by atoms with E-state index in [4.69, 9.17) is 0 Å². The lowest BCUT2D eigenvalue weighted by atomic mass is 10.0. The second-order valence-corrected chi connectivity index (χ2v) is 6.18. The molecule has 0 aliphatic rings. The highest BCUT2D eigenvalue weighted by Gasteiger charge is 2.12. The highest BCUT2D eigenvalue weighted by molar-refractivity contribution is 5.98. The molecular weight excluding hydrogens is 348 g/mol. The van der Waals surface area contributed by atoms with Gasteiger partial charge in [-0.05, 0) is 28.5 Å². The number of hydrogen-bond acceptors (Lipinski definition) is 3. The van der Waals surface area contributed by atoms with Gasteiger partial charge in [0.25, 0.3) is 5.91 Å². The van der Waals surface area contributed by atoms with Crippen LogP contribution in [0.1, 0.15) is 16.1 Å². The number of nitrogens with zero attached hydrogens (tertiary/aromatic N) is 2. The topological polar surface area (TPSA) is 70.1 Å². The summed E-state index contributed by atoms with van der Waals surface area (Å²) in [5.41, 5.74) is 5.60. The van der Waals surface area contributed by atoms with Crippen LogP contribution in [0.2, 0.25) is 0 Å². The first-order valence-electron chi connectivity index (χ1n) is 8.90. The molecule has 0 aliphatic heterocycles. The number of fused-ring (bicyclic) bond motifs is 1. The molecule has 0 spiro atoms. The van der Waals surface area contributed by atoms with E-state index in [2.05, 4.69) is 32.9 Å². The molecule has 0 radical (unpaired) electrons. The number of hydrazone groups is 1. The van der Waals surface area contributed by atoms with Gasteiger partial charge in [-0.15, -0.1) is 0 Å². The van der Waals surface area contributed by atoms with Crippen molar-refractivity contribution in [3.63, 3.8) is 0 Å². The Labute approximate surface area is 162 Å². The van der Waals surface area contributed by atoms with E-state index in [9.17, 15) is 4.79 Å². The fraction of sp³-hybridized carbons (Fsp3) is 0. The van der Waals surface area contributed by atoms with Gasteiger partial charge in [-0.3, -0.25) is 9.89 Å². The van der Waals surface area contributed by atoms with Crippen molar-refractivity contribution < 1.29 is 4.79 Å². The Balaban J connectivity index is 1.44. The molecule has 1 aromatic heterocycles. The lowest BCUT2D eigenvalue weighted by molar-refractivity contribution is 0.0950. The van der Waals surface area contributed by atoms with Gasteiger partial charge in [0.05, 0.1) is 5.69 Å². The van der Waals surface area contributed by atoms with Gasteiger partial charge in [0, 0.05) is 11.8 Å². The summed E-state index contributed by atoms with van der Waals surface area (Å²) in [6, 6.07) is 25.7. The van der Waals surface area contributed by atoms with Gasteiger partial charge in [0.15, 0.2) is 0 Å². The van der Waals surface area contributed by atoms with E-state index in [0.29, 0.717) is 5.69 Å². The molecule has 136 valence electrons. The number of hydrogen-bond donors (Lipinski definition) is 2. The van der Waals surface area contributed by atoms with E-state index in [0.717, 1.165) is 27.6 Å². The molecule has 1 heterocycles. The third-order valence-corrected chi connectivity index (χ3v) is 4.30. The standard InChI is InChI=1S/C23H18N4O/c28-23(27-24-15-7-10-17-8-2-1-3-9-17)22-16-21(25-26-22)20-14-6-12-18-11-4-5-13-19(18)20/h1-16H,(H,25,26)(H,27,28)/b10-7+,24-15+. The first kappa shape index (κ1) is 17.4. The molecule has 0 unspecified atom stereocenters. The minimum atomic E-state index is -0.344. The van der Waals surface area contributed by atoms with Gasteiger partial charge in [-0.1, -0.05) is 78.9 Å². The molecule has 3 aromatic carbocycles. The maximum Gasteiger partial charge on any atom is 0.289 e.